The number of halogens is 2. The number of nitrogens with zero attached hydrogens (tertiary/aromatic N) is 3. The number of hydrogen-bond acceptors (Lipinski definition) is 5. The van der Waals surface area contributed by atoms with Crippen molar-refractivity contribution in [1.29, 1.82) is 0 Å². The summed E-state index contributed by atoms with van der Waals surface area (Å²) >= 11 is 0. The van der Waals surface area contributed by atoms with Crippen molar-refractivity contribution in [2.24, 2.45) is 0 Å². The predicted molar refractivity (Wildman–Crippen MR) is 104 cm³/mol. The van der Waals surface area contributed by atoms with Crippen LogP contribution in [-0.4, -0.2) is 20.6 Å². The number of carbonyl (C=O) groups excluding carboxylic acids is 1. The number of carbonyl (C=O) groups is 1. The molecule has 30 heavy (non-hydrogen) atoms. The van der Waals surface area contributed by atoms with E-state index in [1.54, 1.807) is 6.07 Å². The highest BCUT2D eigenvalue weighted by molar-refractivity contribution is 5.90. The molecule has 7 nitrogen and oxygen atoms in total. The van der Waals surface area contributed by atoms with Crippen molar-refractivity contribution in [3.8, 4) is 22.8 Å². The third-order valence-electron chi connectivity index (χ3n) is 4.22. The highest BCUT2D eigenvalue weighted by Crippen LogP contribution is 2.20. The average Bonchev–Trinajstić information content (AvgIpc) is 3.22. The van der Waals surface area contributed by atoms with Gasteiger partial charge in [0, 0.05) is 17.4 Å². The summed E-state index contributed by atoms with van der Waals surface area (Å²) in [7, 11) is 0. The summed E-state index contributed by atoms with van der Waals surface area (Å²) in [5.41, 5.74) is 0.557. The summed E-state index contributed by atoms with van der Waals surface area (Å²) in [6.45, 7) is -0.261. The summed E-state index contributed by atoms with van der Waals surface area (Å²) in [6.07, 6.45) is 1.45. The van der Waals surface area contributed by atoms with Crippen molar-refractivity contribution in [1.82, 2.24) is 14.7 Å². The van der Waals surface area contributed by atoms with Crippen LogP contribution < -0.4 is 10.9 Å². The lowest BCUT2D eigenvalue weighted by Crippen LogP contribution is -2.28. The van der Waals surface area contributed by atoms with Crippen molar-refractivity contribution in [3.63, 3.8) is 0 Å². The fraction of sp³-hybridized carbons (Fsp3) is 0.0476. The number of anilines is 1. The van der Waals surface area contributed by atoms with Crippen LogP contribution >= 0.6 is 0 Å². The molecule has 0 atom stereocenters. The second kappa shape index (κ2) is 8.08. The molecule has 2 aromatic carbocycles. The first-order valence-corrected chi connectivity index (χ1v) is 8.84. The molecule has 0 aliphatic heterocycles. The standard InChI is InChI=1S/C21H14F2N4O3/c22-14-5-3-13(4-6-14)19-25-20(30-26-19)17-2-1-11-27(21(17)29)12-18(28)24-16-9-7-15(23)8-10-16/h1-11H,12H2,(H,24,28). The molecule has 2 heterocycles. The number of aromatic nitrogens is 3. The zero-order valence-electron chi connectivity index (χ0n) is 15.4. The molecule has 1 amide bonds. The molecule has 0 unspecified atom stereocenters. The Morgan fingerprint density at radius 3 is 2.37 bits per heavy atom. The smallest absolute Gasteiger partial charge is 0.263 e. The number of amides is 1. The van der Waals surface area contributed by atoms with Gasteiger partial charge in [-0.25, -0.2) is 8.78 Å². The fourth-order valence-electron chi connectivity index (χ4n) is 2.76. The number of benzene rings is 2. The van der Waals surface area contributed by atoms with E-state index in [9.17, 15) is 18.4 Å². The van der Waals surface area contributed by atoms with Crippen LogP contribution in [0.4, 0.5) is 14.5 Å². The van der Waals surface area contributed by atoms with E-state index in [1.807, 2.05) is 0 Å². The lowest BCUT2D eigenvalue weighted by Gasteiger charge is -2.08. The average molecular weight is 408 g/mol. The van der Waals surface area contributed by atoms with E-state index in [4.69, 9.17) is 4.52 Å². The molecule has 0 aliphatic carbocycles. The quantitative estimate of drug-likeness (QED) is 0.546. The summed E-state index contributed by atoms with van der Waals surface area (Å²) in [5.74, 6) is -1.09. The van der Waals surface area contributed by atoms with Gasteiger partial charge < -0.3 is 14.4 Å². The fourth-order valence-corrected chi connectivity index (χ4v) is 2.76. The summed E-state index contributed by atoms with van der Waals surface area (Å²) in [4.78, 5) is 29.2. The molecule has 0 saturated carbocycles. The second-order valence-corrected chi connectivity index (χ2v) is 6.34. The Morgan fingerprint density at radius 1 is 1.00 bits per heavy atom. The zero-order chi connectivity index (χ0) is 21.1. The van der Waals surface area contributed by atoms with E-state index < -0.39 is 23.1 Å². The highest BCUT2D eigenvalue weighted by Gasteiger charge is 2.16. The molecule has 4 rings (SSSR count). The third kappa shape index (κ3) is 4.14. The normalized spacial score (nSPS) is 10.7. The molecule has 0 spiro atoms. The van der Waals surface area contributed by atoms with E-state index in [2.05, 4.69) is 15.5 Å². The molecule has 0 fully saturated rings. The van der Waals surface area contributed by atoms with Crippen molar-refractivity contribution in [2.45, 2.75) is 6.54 Å². The minimum atomic E-state index is -0.499. The highest BCUT2D eigenvalue weighted by atomic mass is 19.1. The predicted octanol–water partition coefficient (Wildman–Crippen LogP) is 3.48. The largest absolute Gasteiger partial charge is 0.333 e. The van der Waals surface area contributed by atoms with Crippen LogP contribution in [0.5, 0.6) is 0 Å². The van der Waals surface area contributed by atoms with Gasteiger partial charge in [-0.2, -0.15) is 4.98 Å². The monoisotopic (exact) mass is 408 g/mol. The summed E-state index contributed by atoms with van der Waals surface area (Å²) in [5, 5.41) is 6.41. The molecule has 0 bridgehead atoms. The van der Waals surface area contributed by atoms with Gasteiger partial charge in [-0.1, -0.05) is 5.16 Å². The third-order valence-corrected chi connectivity index (χ3v) is 4.22. The number of hydrogen-bond donors (Lipinski definition) is 1. The molecule has 2 aromatic heterocycles. The summed E-state index contributed by atoms with van der Waals surface area (Å²) in [6, 6.07) is 13.9. The first-order valence-electron chi connectivity index (χ1n) is 8.84. The maximum atomic E-state index is 13.1. The molecule has 150 valence electrons. The summed E-state index contributed by atoms with van der Waals surface area (Å²) < 4.78 is 32.4. The van der Waals surface area contributed by atoms with Crippen molar-refractivity contribution >= 4 is 11.6 Å². The minimum absolute atomic E-state index is 0.0207. The Balaban J connectivity index is 1.54. The van der Waals surface area contributed by atoms with Crippen LogP contribution in [0, 0.1) is 11.6 Å². The van der Waals surface area contributed by atoms with Crippen LogP contribution in [0.1, 0.15) is 0 Å². The zero-order valence-corrected chi connectivity index (χ0v) is 15.4. The van der Waals surface area contributed by atoms with Crippen LogP contribution in [0.2, 0.25) is 0 Å². The van der Waals surface area contributed by atoms with Gasteiger partial charge in [-0.15, -0.1) is 0 Å². The van der Waals surface area contributed by atoms with Gasteiger partial charge in [0.25, 0.3) is 11.4 Å². The number of rotatable bonds is 5. The molecule has 0 saturated heterocycles. The molecule has 9 heteroatoms. The van der Waals surface area contributed by atoms with E-state index in [1.165, 1.54) is 65.4 Å². The van der Waals surface area contributed by atoms with Crippen molar-refractivity contribution in [3.05, 3.63) is 88.8 Å². The van der Waals surface area contributed by atoms with Gasteiger partial charge in [-0.3, -0.25) is 9.59 Å². The van der Waals surface area contributed by atoms with E-state index in [0.717, 1.165) is 0 Å². The SMILES string of the molecule is O=C(Cn1cccc(-c2nc(-c3ccc(F)cc3)no2)c1=O)Nc1ccc(F)cc1. The molecule has 4 aromatic rings. The Labute approximate surface area is 168 Å². The molecule has 1 N–H and O–H groups in total. The Morgan fingerprint density at radius 2 is 1.67 bits per heavy atom. The molecular weight excluding hydrogens is 394 g/mol. The Bertz CT molecular complexity index is 1250. The minimum Gasteiger partial charge on any atom is -0.333 e. The van der Waals surface area contributed by atoms with Gasteiger partial charge in [0.05, 0.1) is 0 Å². The Hall–Kier alpha value is -4.14. The first kappa shape index (κ1) is 19.2. The van der Waals surface area contributed by atoms with Crippen LogP contribution in [0.3, 0.4) is 0 Å². The topological polar surface area (TPSA) is 90.0 Å². The molecule has 0 radical (unpaired) electrons. The lowest BCUT2D eigenvalue weighted by atomic mass is 10.2. The van der Waals surface area contributed by atoms with E-state index >= 15 is 0 Å². The van der Waals surface area contributed by atoms with E-state index in [0.29, 0.717) is 11.3 Å². The van der Waals surface area contributed by atoms with E-state index in [-0.39, 0.29) is 23.8 Å². The van der Waals surface area contributed by atoms with Crippen LogP contribution in [0.25, 0.3) is 22.8 Å². The van der Waals surface area contributed by atoms with Gasteiger partial charge in [0.1, 0.15) is 23.7 Å². The van der Waals surface area contributed by atoms with Gasteiger partial charge >= 0.3 is 0 Å². The Kier molecular flexibility index (Phi) is 5.17. The maximum absolute atomic E-state index is 13.1. The van der Waals surface area contributed by atoms with Gasteiger partial charge in [0.2, 0.25) is 11.7 Å². The maximum Gasteiger partial charge on any atom is 0.263 e. The van der Waals surface area contributed by atoms with Crippen LogP contribution in [-0.2, 0) is 11.3 Å². The first-order chi connectivity index (χ1) is 14.5. The number of pyridine rings is 1. The number of nitrogens with one attached hydrogen (secondary N) is 1. The molecule has 0 aliphatic rings. The van der Waals surface area contributed by atoms with Gasteiger partial charge in [-0.05, 0) is 60.7 Å². The second-order valence-electron chi connectivity index (χ2n) is 6.34. The van der Waals surface area contributed by atoms with Crippen LogP contribution in [0.15, 0.2) is 76.2 Å². The van der Waals surface area contributed by atoms with Gasteiger partial charge in [0.15, 0.2) is 0 Å². The molecular formula is C21H14F2N4O3. The van der Waals surface area contributed by atoms with Crippen molar-refractivity contribution in [2.75, 3.05) is 5.32 Å². The van der Waals surface area contributed by atoms with Crippen molar-refractivity contribution < 1.29 is 18.1 Å². The lowest BCUT2D eigenvalue weighted by molar-refractivity contribution is -0.116.